The van der Waals surface area contributed by atoms with Crippen LogP contribution in [0.2, 0.25) is 0 Å². The Morgan fingerprint density at radius 2 is 2.00 bits per heavy atom. The SMILES string of the molecule is CC(Nc1ccn2nccc2n1)(C(=O)O)c1ccccc1. The van der Waals surface area contributed by atoms with Gasteiger partial charge in [-0.2, -0.15) is 5.10 Å². The lowest BCUT2D eigenvalue weighted by Crippen LogP contribution is -2.40. The highest BCUT2D eigenvalue weighted by Crippen LogP contribution is 2.25. The van der Waals surface area contributed by atoms with Crippen LogP contribution in [0.15, 0.2) is 54.9 Å². The molecule has 3 rings (SSSR count). The number of hydrogen-bond donors (Lipinski definition) is 2. The number of rotatable bonds is 4. The molecular formula is C15H14N4O2. The number of nitrogens with one attached hydrogen (secondary N) is 1. The monoisotopic (exact) mass is 282 g/mol. The molecule has 0 amide bonds. The molecule has 0 saturated heterocycles. The third kappa shape index (κ3) is 2.31. The van der Waals surface area contributed by atoms with Crippen LogP contribution in [0.4, 0.5) is 5.82 Å². The van der Waals surface area contributed by atoms with E-state index in [9.17, 15) is 9.90 Å². The average molecular weight is 282 g/mol. The fraction of sp³-hybridized carbons (Fsp3) is 0.133. The predicted molar refractivity (Wildman–Crippen MR) is 78.0 cm³/mol. The lowest BCUT2D eigenvalue weighted by molar-refractivity contribution is -0.142. The number of hydrogen-bond acceptors (Lipinski definition) is 4. The first-order chi connectivity index (χ1) is 10.1. The standard InChI is InChI=1S/C15H14N4O2/c1-15(14(20)21,11-5-3-2-4-6-11)18-12-8-10-19-13(17-12)7-9-16-19/h2-10H,1H3,(H,17,18)(H,20,21). The minimum atomic E-state index is -1.26. The Bertz CT molecular complexity index is 784. The second-order valence-electron chi connectivity index (χ2n) is 4.87. The van der Waals surface area contributed by atoms with Gasteiger partial charge in [0.05, 0.1) is 6.20 Å². The van der Waals surface area contributed by atoms with Crippen LogP contribution in [0.25, 0.3) is 5.65 Å². The van der Waals surface area contributed by atoms with Gasteiger partial charge in [-0.1, -0.05) is 30.3 Å². The first kappa shape index (κ1) is 13.1. The molecule has 0 aliphatic heterocycles. The predicted octanol–water partition coefficient (Wildman–Crippen LogP) is 2.14. The minimum absolute atomic E-state index is 0.483. The fourth-order valence-corrected chi connectivity index (χ4v) is 2.16. The lowest BCUT2D eigenvalue weighted by atomic mass is 9.92. The third-order valence-electron chi connectivity index (χ3n) is 3.41. The molecule has 21 heavy (non-hydrogen) atoms. The first-order valence-corrected chi connectivity index (χ1v) is 6.47. The van der Waals surface area contributed by atoms with Crippen molar-refractivity contribution in [1.29, 1.82) is 0 Å². The molecule has 106 valence electrons. The van der Waals surface area contributed by atoms with Crippen LogP contribution in [0.3, 0.4) is 0 Å². The molecule has 0 saturated carbocycles. The van der Waals surface area contributed by atoms with E-state index >= 15 is 0 Å². The zero-order valence-corrected chi connectivity index (χ0v) is 11.4. The quantitative estimate of drug-likeness (QED) is 0.766. The zero-order valence-electron chi connectivity index (χ0n) is 11.4. The van der Waals surface area contributed by atoms with Crippen molar-refractivity contribution in [2.45, 2.75) is 12.5 Å². The molecule has 2 N–H and O–H groups in total. The van der Waals surface area contributed by atoms with Gasteiger partial charge in [-0.3, -0.25) is 0 Å². The van der Waals surface area contributed by atoms with Gasteiger partial charge in [-0.05, 0) is 18.6 Å². The molecule has 1 atom stereocenters. The highest BCUT2D eigenvalue weighted by molar-refractivity contribution is 5.83. The van der Waals surface area contributed by atoms with Crippen LogP contribution in [0.5, 0.6) is 0 Å². The van der Waals surface area contributed by atoms with Crippen molar-refractivity contribution >= 4 is 17.4 Å². The van der Waals surface area contributed by atoms with Crippen molar-refractivity contribution in [2.24, 2.45) is 0 Å². The van der Waals surface area contributed by atoms with E-state index in [0.717, 1.165) is 0 Å². The third-order valence-corrected chi connectivity index (χ3v) is 3.41. The summed E-state index contributed by atoms with van der Waals surface area (Å²) in [5.41, 5.74) is 0.0561. The molecule has 3 aromatic rings. The van der Waals surface area contributed by atoms with Crippen molar-refractivity contribution in [3.63, 3.8) is 0 Å². The molecule has 0 aliphatic carbocycles. The summed E-state index contributed by atoms with van der Waals surface area (Å²) in [5, 5.41) is 16.7. The van der Waals surface area contributed by atoms with Gasteiger partial charge in [-0.25, -0.2) is 14.3 Å². The van der Waals surface area contributed by atoms with Crippen LogP contribution < -0.4 is 5.32 Å². The van der Waals surface area contributed by atoms with Crippen LogP contribution in [0.1, 0.15) is 12.5 Å². The highest BCUT2D eigenvalue weighted by Gasteiger charge is 2.35. The number of nitrogens with zero attached hydrogens (tertiary/aromatic N) is 3. The maximum Gasteiger partial charge on any atom is 0.333 e. The van der Waals surface area contributed by atoms with E-state index < -0.39 is 11.5 Å². The summed E-state index contributed by atoms with van der Waals surface area (Å²) in [7, 11) is 0. The van der Waals surface area contributed by atoms with E-state index in [-0.39, 0.29) is 0 Å². The minimum Gasteiger partial charge on any atom is -0.479 e. The number of anilines is 1. The number of benzene rings is 1. The number of aliphatic carboxylic acids is 1. The van der Waals surface area contributed by atoms with Gasteiger partial charge in [0.25, 0.3) is 0 Å². The Hall–Kier alpha value is -2.89. The maximum atomic E-state index is 11.7. The summed E-state index contributed by atoms with van der Waals surface area (Å²) in [6.07, 6.45) is 3.37. The number of carboxylic acid groups (broad SMARTS) is 1. The van der Waals surface area contributed by atoms with Gasteiger partial charge < -0.3 is 10.4 Å². The molecule has 0 fully saturated rings. The van der Waals surface area contributed by atoms with Crippen molar-refractivity contribution in [1.82, 2.24) is 14.6 Å². The normalized spacial score (nSPS) is 13.8. The molecule has 0 aliphatic rings. The van der Waals surface area contributed by atoms with Gasteiger partial charge in [0.2, 0.25) is 0 Å². The van der Waals surface area contributed by atoms with Gasteiger partial charge in [0.1, 0.15) is 5.82 Å². The Morgan fingerprint density at radius 3 is 2.71 bits per heavy atom. The van der Waals surface area contributed by atoms with E-state index in [1.54, 1.807) is 48.1 Å². The zero-order chi connectivity index (χ0) is 14.9. The summed E-state index contributed by atoms with van der Waals surface area (Å²) < 4.78 is 1.62. The number of carbonyl (C=O) groups is 1. The van der Waals surface area contributed by atoms with Crippen LogP contribution >= 0.6 is 0 Å². The van der Waals surface area contributed by atoms with E-state index in [4.69, 9.17) is 0 Å². The summed E-state index contributed by atoms with van der Waals surface area (Å²) >= 11 is 0. The lowest BCUT2D eigenvalue weighted by Gasteiger charge is -2.27. The topological polar surface area (TPSA) is 79.5 Å². The summed E-state index contributed by atoms with van der Waals surface area (Å²) in [6.45, 7) is 1.62. The molecule has 0 spiro atoms. The van der Waals surface area contributed by atoms with Crippen molar-refractivity contribution in [2.75, 3.05) is 5.32 Å². The Kier molecular flexibility index (Phi) is 3.06. The molecule has 0 radical (unpaired) electrons. The van der Waals surface area contributed by atoms with Gasteiger partial charge >= 0.3 is 5.97 Å². The Labute approximate surface area is 121 Å². The van der Waals surface area contributed by atoms with Crippen LogP contribution in [-0.4, -0.2) is 25.7 Å². The molecule has 1 unspecified atom stereocenters. The maximum absolute atomic E-state index is 11.7. The van der Waals surface area contributed by atoms with E-state index in [1.807, 2.05) is 18.2 Å². The fourth-order valence-electron chi connectivity index (χ4n) is 2.16. The Balaban J connectivity index is 2.00. The molecular weight excluding hydrogens is 268 g/mol. The highest BCUT2D eigenvalue weighted by atomic mass is 16.4. The molecule has 6 heteroatoms. The number of carboxylic acids is 1. The van der Waals surface area contributed by atoms with Crippen molar-refractivity contribution in [3.8, 4) is 0 Å². The van der Waals surface area contributed by atoms with E-state index in [2.05, 4.69) is 15.4 Å². The second kappa shape index (κ2) is 4.90. The molecule has 0 bridgehead atoms. The molecule has 6 nitrogen and oxygen atoms in total. The van der Waals surface area contributed by atoms with Crippen molar-refractivity contribution < 1.29 is 9.90 Å². The van der Waals surface area contributed by atoms with Gasteiger partial charge in [0.15, 0.2) is 11.2 Å². The van der Waals surface area contributed by atoms with Crippen LogP contribution in [0, 0.1) is 0 Å². The number of fused-ring (bicyclic) bond motifs is 1. The summed E-state index contributed by atoms with van der Waals surface area (Å²) in [4.78, 5) is 16.1. The van der Waals surface area contributed by atoms with Crippen LogP contribution in [-0.2, 0) is 10.3 Å². The van der Waals surface area contributed by atoms with E-state index in [0.29, 0.717) is 17.0 Å². The summed E-state index contributed by atoms with van der Waals surface area (Å²) in [6, 6.07) is 12.5. The first-order valence-electron chi connectivity index (χ1n) is 6.47. The molecule has 2 aromatic heterocycles. The van der Waals surface area contributed by atoms with Crippen molar-refractivity contribution in [3.05, 3.63) is 60.4 Å². The van der Waals surface area contributed by atoms with Gasteiger partial charge in [0, 0.05) is 12.3 Å². The van der Waals surface area contributed by atoms with E-state index in [1.165, 1.54) is 0 Å². The molecule has 1 aromatic carbocycles. The Morgan fingerprint density at radius 1 is 1.24 bits per heavy atom. The van der Waals surface area contributed by atoms with Gasteiger partial charge in [-0.15, -0.1) is 0 Å². The molecule has 2 heterocycles. The smallest absolute Gasteiger partial charge is 0.333 e. The summed E-state index contributed by atoms with van der Waals surface area (Å²) in [5.74, 6) is -0.486. The average Bonchev–Trinajstić information content (AvgIpc) is 2.95. The second-order valence-corrected chi connectivity index (χ2v) is 4.87. The number of aromatic nitrogens is 3. The largest absolute Gasteiger partial charge is 0.479 e.